The first-order chi connectivity index (χ1) is 10.3. The van der Waals surface area contributed by atoms with Gasteiger partial charge in [0.1, 0.15) is 5.75 Å². The van der Waals surface area contributed by atoms with Gasteiger partial charge in [0.2, 0.25) is 0 Å². The van der Waals surface area contributed by atoms with Crippen molar-refractivity contribution in [2.45, 2.75) is 31.7 Å². The number of rotatable bonds is 5. The van der Waals surface area contributed by atoms with Gasteiger partial charge in [-0.05, 0) is 61.1 Å². The molecular formula is C19H23NO. The molecule has 2 aromatic carbocycles. The minimum atomic E-state index is 0.326. The number of aryl methyl sites for hydroxylation is 2. The van der Waals surface area contributed by atoms with Crippen molar-refractivity contribution in [3.05, 3.63) is 64.7 Å². The molecule has 21 heavy (non-hydrogen) atoms. The zero-order valence-corrected chi connectivity index (χ0v) is 12.9. The fourth-order valence-electron chi connectivity index (χ4n) is 3.29. The number of fused-ring (bicyclic) bond motifs is 1. The van der Waals surface area contributed by atoms with Crippen LogP contribution in [0.2, 0.25) is 0 Å². The summed E-state index contributed by atoms with van der Waals surface area (Å²) in [4.78, 5) is 0. The van der Waals surface area contributed by atoms with E-state index in [9.17, 15) is 0 Å². The van der Waals surface area contributed by atoms with Gasteiger partial charge in [-0.25, -0.2) is 0 Å². The van der Waals surface area contributed by atoms with E-state index in [0.717, 1.165) is 12.2 Å². The van der Waals surface area contributed by atoms with E-state index >= 15 is 0 Å². The van der Waals surface area contributed by atoms with Crippen LogP contribution in [0.4, 0.5) is 0 Å². The minimum absolute atomic E-state index is 0.326. The Balaban J connectivity index is 1.85. The van der Waals surface area contributed by atoms with Gasteiger partial charge in [-0.15, -0.1) is 0 Å². The van der Waals surface area contributed by atoms with E-state index in [0.29, 0.717) is 6.04 Å². The normalized spacial score (nSPS) is 14.8. The molecule has 110 valence electrons. The first-order valence-corrected chi connectivity index (χ1v) is 7.72. The maximum absolute atomic E-state index is 5.47. The molecule has 0 saturated carbocycles. The van der Waals surface area contributed by atoms with E-state index < -0.39 is 0 Å². The average Bonchev–Trinajstić information content (AvgIpc) is 3.00. The molecule has 0 aromatic heterocycles. The van der Waals surface area contributed by atoms with E-state index in [1.165, 1.54) is 41.5 Å². The number of methoxy groups -OCH3 is 1. The van der Waals surface area contributed by atoms with Gasteiger partial charge in [0, 0.05) is 6.04 Å². The first-order valence-electron chi connectivity index (χ1n) is 7.72. The first kappa shape index (κ1) is 14.2. The van der Waals surface area contributed by atoms with Crippen LogP contribution in [0.1, 0.15) is 34.7 Å². The van der Waals surface area contributed by atoms with E-state index in [4.69, 9.17) is 4.74 Å². The number of hydrogen-bond donors (Lipinski definition) is 1. The quantitative estimate of drug-likeness (QED) is 0.902. The number of likely N-dealkylation sites (N-methyl/N-ethyl adjacent to an activating group) is 1. The molecule has 3 rings (SSSR count). The fourth-order valence-corrected chi connectivity index (χ4v) is 3.29. The molecule has 1 unspecified atom stereocenters. The fraction of sp³-hybridized carbons (Fsp3) is 0.368. The van der Waals surface area contributed by atoms with Crippen molar-refractivity contribution in [3.63, 3.8) is 0 Å². The summed E-state index contributed by atoms with van der Waals surface area (Å²) in [6.45, 7) is 0. The van der Waals surface area contributed by atoms with Crippen LogP contribution >= 0.6 is 0 Å². The molecular weight excluding hydrogens is 258 g/mol. The van der Waals surface area contributed by atoms with Crippen LogP contribution in [0.25, 0.3) is 0 Å². The highest BCUT2D eigenvalue weighted by Crippen LogP contribution is 2.28. The van der Waals surface area contributed by atoms with Gasteiger partial charge in [-0.2, -0.15) is 0 Å². The third-order valence-corrected chi connectivity index (χ3v) is 4.49. The summed E-state index contributed by atoms with van der Waals surface area (Å²) in [5, 5.41) is 3.45. The van der Waals surface area contributed by atoms with Crippen LogP contribution in [0.15, 0.2) is 42.5 Å². The Morgan fingerprint density at radius 1 is 1.10 bits per heavy atom. The van der Waals surface area contributed by atoms with Crippen LogP contribution in [-0.4, -0.2) is 14.2 Å². The van der Waals surface area contributed by atoms with Gasteiger partial charge < -0.3 is 10.1 Å². The standard InChI is InChI=1S/C19H23NO/c1-20-18(13-17-6-3-4-9-19(17)21-2)16-11-10-14-7-5-8-15(14)12-16/h3-4,6,9-12,18,20H,5,7-8,13H2,1-2H3. The second-order valence-electron chi connectivity index (χ2n) is 5.74. The number of hydrogen-bond acceptors (Lipinski definition) is 2. The van der Waals surface area contributed by atoms with Crippen molar-refractivity contribution in [2.24, 2.45) is 0 Å². The smallest absolute Gasteiger partial charge is 0.122 e. The van der Waals surface area contributed by atoms with E-state index in [-0.39, 0.29) is 0 Å². The molecule has 1 aliphatic carbocycles. The lowest BCUT2D eigenvalue weighted by molar-refractivity contribution is 0.406. The number of benzene rings is 2. The predicted molar refractivity (Wildman–Crippen MR) is 87.0 cm³/mol. The third-order valence-electron chi connectivity index (χ3n) is 4.49. The Morgan fingerprint density at radius 3 is 2.71 bits per heavy atom. The minimum Gasteiger partial charge on any atom is -0.496 e. The maximum atomic E-state index is 5.47. The average molecular weight is 281 g/mol. The SMILES string of the molecule is CNC(Cc1ccccc1OC)c1ccc2c(c1)CCC2. The molecule has 1 aliphatic rings. The van der Waals surface area contributed by atoms with Crippen LogP contribution in [-0.2, 0) is 19.3 Å². The van der Waals surface area contributed by atoms with Crippen molar-refractivity contribution in [3.8, 4) is 5.75 Å². The largest absolute Gasteiger partial charge is 0.496 e. The zero-order valence-electron chi connectivity index (χ0n) is 12.9. The van der Waals surface area contributed by atoms with Crippen molar-refractivity contribution < 1.29 is 4.74 Å². The number of ether oxygens (including phenoxy) is 1. The topological polar surface area (TPSA) is 21.3 Å². The summed E-state index contributed by atoms with van der Waals surface area (Å²) in [7, 11) is 3.77. The molecule has 0 amide bonds. The Kier molecular flexibility index (Phi) is 4.26. The summed E-state index contributed by atoms with van der Waals surface area (Å²) < 4.78 is 5.47. The number of para-hydroxylation sites is 1. The lowest BCUT2D eigenvalue weighted by atomic mass is 9.95. The summed E-state index contributed by atoms with van der Waals surface area (Å²) >= 11 is 0. The molecule has 1 N–H and O–H groups in total. The van der Waals surface area contributed by atoms with Crippen LogP contribution in [0.5, 0.6) is 5.75 Å². The highest BCUT2D eigenvalue weighted by Gasteiger charge is 2.16. The predicted octanol–water partition coefficient (Wildman–Crippen LogP) is 3.69. The van der Waals surface area contributed by atoms with Crippen LogP contribution in [0, 0.1) is 0 Å². The summed E-state index contributed by atoms with van der Waals surface area (Å²) in [6.07, 6.45) is 4.72. The molecule has 2 aromatic rings. The second-order valence-corrected chi connectivity index (χ2v) is 5.74. The molecule has 0 heterocycles. The van der Waals surface area contributed by atoms with Gasteiger partial charge in [0.25, 0.3) is 0 Å². The van der Waals surface area contributed by atoms with Crippen molar-refractivity contribution in [1.29, 1.82) is 0 Å². The highest BCUT2D eigenvalue weighted by atomic mass is 16.5. The van der Waals surface area contributed by atoms with Gasteiger partial charge in [-0.1, -0.05) is 36.4 Å². The lowest BCUT2D eigenvalue weighted by Crippen LogP contribution is -2.19. The Labute approximate surface area is 127 Å². The van der Waals surface area contributed by atoms with Crippen LogP contribution in [0.3, 0.4) is 0 Å². The molecule has 1 atom stereocenters. The van der Waals surface area contributed by atoms with Crippen molar-refractivity contribution in [1.82, 2.24) is 5.32 Å². The Morgan fingerprint density at radius 2 is 1.90 bits per heavy atom. The molecule has 0 saturated heterocycles. The Bertz CT molecular complexity index is 621. The Hall–Kier alpha value is -1.80. The third kappa shape index (κ3) is 2.96. The van der Waals surface area contributed by atoms with Gasteiger partial charge in [0.15, 0.2) is 0 Å². The molecule has 0 bridgehead atoms. The van der Waals surface area contributed by atoms with Gasteiger partial charge in [-0.3, -0.25) is 0 Å². The van der Waals surface area contributed by atoms with Gasteiger partial charge >= 0.3 is 0 Å². The monoisotopic (exact) mass is 281 g/mol. The van der Waals surface area contributed by atoms with Crippen molar-refractivity contribution in [2.75, 3.05) is 14.2 Å². The summed E-state index contributed by atoms with van der Waals surface area (Å²) in [6, 6.07) is 15.6. The van der Waals surface area contributed by atoms with Gasteiger partial charge in [0.05, 0.1) is 7.11 Å². The van der Waals surface area contributed by atoms with Crippen molar-refractivity contribution >= 4 is 0 Å². The lowest BCUT2D eigenvalue weighted by Gasteiger charge is -2.19. The molecule has 0 aliphatic heterocycles. The number of nitrogens with one attached hydrogen (secondary N) is 1. The molecule has 2 heteroatoms. The van der Waals surface area contributed by atoms with Crippen LogP contribution < -0.4 is 10.1 Å². The molecule has 2 nitrogen and oxygen atoms in total. The van der Waals surface area contributed by atoms with E-state index in [1.54, 1.807) is 7.11 Å². The highest BCUT2D eigenvalue weighted by molar-refractivity contribution is 5.39. The van der Waals surface area contributed by atoms with E-state index in [1.807, 2.05) is 19.2 Å². The molecule has 0 radical (unpaired) electrons. The molecule has 0 fully saturated rings. The second kappa shape index (κ2) is 6.31. The maximum Gasteiger partial charge on any atom is 0.122 e. The van der Waals surface area contributed by atoms with E-state index in [2.05, 4.69) is 35.6 Å². The molecule has 0 spiro atoms. The summed E-state index contributed by atoms with van der Waals surface area (Å²) in [5.41, 5.74) is 5.70. The summed E-state index contributed by atoms with van der Waals surface area (Å²) in [5.74, 6) is 0.971. The zero-order chi connectivity index (χ0) is 14.7.